The highest BCUT2D eigenvalue weighted by molar-refractivity contribution is 5.88. The first-order valence-electron chi connectivity index (χ1n) is 13.1. The molecule has 2 aliphatic heterocycles. The molecule has 0 bridgehead atoms. The van der Waals surface area contributed by atoms with Gasteiger partial charge in [-0.2, -0.15) is 5.26 Å². The molecule has 6 nitrogen and oxygen atoms in total. The number of carbonyl (C=O) groups excluding carboxylic acids is 1. The molecule has 1 saturated heterocycles. The standard InChI is InChI=1S/C29H36N4O2/c1-35-27-14-11-21(20-30)19-26(27)32-15-17-33(18-16-32)28(29(34)23-8-3-2-4-9-23)25-13-12-22-7-5-6-10-24(22)31-25/h5-7,10-11,14,19,23,25,28,31H,2-4,8-9,12-13,15-18H2,1H3. The van der Waals surface area contributed by atoms with E-state index in [1.54, 1.807) is 13.2 Å². The van der Waals surface area contributed by atoms with Crippen molar-refractivity contribution < 1.29 is 9.53 Å². The number of anilines is 2. The van der Waals surface area contributed by atoms with Gasteiger partial charge in [-0.15, -0.1) is 0 Å². The number of nitrogens with one attached hydrogen (secondary N) is 1. The van der Waals surface area contributed by atoms with E-state index in [0.717, 1.165) is 63.3 Å². The molecule has 2 fully saturated rings. The first kappa shape index (κ1) is 23.7. The number of nitrogens with zero attached hydrogens (tertiary/aromatic N) is 3. The fraction of sp³-hybridized carbons (Fsp3) is 0.517. The molecule has 1 saturated carbocycles. The number of rotatable bonds is 6. The summed E-state index contributed by atoms with van der Waals surface area (Å²) in [5.41, 5.74) is 4.13. The molecule has 5 rings (SSSR count). The van der Waals surface area contributed by atoms with Gasteiger partial charge in [0, 0.05) is 43.8 Å². The molecule has 1 aliphatic carbocycles. The van der Waals surface area contributed by atoms with Gasteiger partial charge in [0.25, 0.3) is 0 Å². The average Bonchev–Trinajstić information content (AvgIpc) is 2.93. The monoisotopic (exact) mass is 472 g/mol. The number of piperazine rings is 1. The van der Waals surface area contributed by atoms with E-state index in [4.69, 9.17) is 4.74 Å². The summed E-state index contributed by atoms with van der Waals surface area (Å²) in [6, 6.07) is 16.4. The second-order valence-corrected chi connectivity index (χ2v) is 10.2. The Balaban J connectivity index is 1.35. The largest absolute Gasteiger partial charge is 0.495 e. The minimum Gasteiger partial charge on any atom is -0.495 e. The molecule has 3 aliphatic rings. The first-order chi connectivity index (χ1) is 17.2. The van der Waals surface area contributed by atoms with E-state index < -0.39 is 0 Å². The predicted octanol–water partition coefficient (Wildman–Crippen LogP) is 4.63. The number of benzene rings is 2. The molecular formula is C29H36N4O2. The van der Waals surface area contributed by atoms with E-state index in [1.807, 2.05) is 12.1 Å². The number of methoxy groups -OCH3 is 1. The van der Waals surface area contributed by atoms with Crippen molar-refractivity contribution in [2.75, 3.05) is 43.5 Å². The molecule has 2 aromatic carbocycles. The van der Waals surface area contributed by atoms with Crippen molar-refractivity contribution in [1.29, 1.82) is 5.26 Å². The number of ketones is 1. The molecule has 2 heterocycles. The van der Waals surface area contributed by atoms with Crippen molar-refractivity contribution in [2.24, 2.45) is 5.92 Å². The Hall–Kier alpha value is -3.04. The van der Waals surface area contributed by atoms with E-state index in [2.05, 4.69) is 45.5 Å². The Bertz CT molecular complexity index is 1080. The lowest BCUT2D eigenvalue weighted by Gasteiger charge is -2.45. The maximum absolute atomic E-state index is 14.0. The lowest BCUT2D eigenvalue weighted by Crippen LogP contribution is -2.60. The summed E-state index contributed by atoms with van der Waals surface area (Å²) in [7, 11) is 1.67. The Morgan fingerprint density at radius 2 is 1.83 bits per heavy atom. The summed E-state index contributed by atoms with van der Waals surface area (Å²) >= 11 is 0. The zero-order chi connectivity index (χ0) is 24.2. The average molecular weight is 473 g/mol. The number of carbonyl (C=O) groups is 1. The van der Waals surface area contributed by atoms with Crippen molar-refractivity contribution in [3.8, 4) is 11.8 Å². The van der Waals surface area contributed by atoms with Crippen LogP contribution in [0.2, 0.25) is 0 Å². The van der Waals surface area contributed by atoms with Crippen molar-refractivity contribution in [1.82, 2.24) is 4.90 Å². The Labute approximate surface area is 208 Å². The summed E-state index contributed by atoms with van der Waals surface area (Å²) in [5, 5.41) is 13.1. The molecule has 0 spiro atoms. The second kappa shape index (κ2) is 10.7. The van der Waals surface area contributed by atoms with Gasteiger partial charge in [-0.3, -0.25) is 9.69 Å². The molecule has 0 amide bonds. The number of aryl methyl sites for hydroxylation is 1. The van der Waals surface area contributed by atoms with Crippen LogP contribution in [-0.2, 0) is 11.2 Å². The normalized spacial score (nSPS) is 21.9. The number of ether oxygens (including phenoxy) is 1. The number of hydrogen-bond donors (Lipinski definition) is 1. The van der Waals surface area contributed by atoms with E-state index in [1.165, 1.54) is 30.5 Å². The van der Waals surface area contributed by atoms with Crippen LogP contribution in [0.3, 0.4) is 0 Å². The van der Waals surface area contributed by atoms with Crippen molar-refractivity contribution in [3.63, 3.8) is 0 Å². The summed E-state index contributed by atoms with van der Waals surface area (Å²) in [6.07, 6.45) is 7.68. The maximum atomic E-state index is 14.0. The summed E-state index contributed by atoms with van der Waals surface area (Å²) < 4.78 is 5.59. The van der Waals surface area contributed by atoms with E-state index in [-0.39, 0.29) is 18.0 Å². The zero-order valence-corrected chi connectivity index (χ0v) is 20.7. The molecule has 2 unspecified atom stereocenters. The summed E-state index contributed by atoms with van der Waals surface area (Å²) in [5.74, 6) is 1.43. The minimum absolute atomic E-state index is 0.0963. The summed E-state index contributed by atoms with van der Waals surface area (Å²) in [6.45, 7) is 3.26. The Morgan fingerprint density at radius 1 is 1.06 bits per heavy atom. The van der Waals surface area contributed by atoms with Crippen molar-refractivity contribution in [2.45, 2.75) is 57.0 Å². The van der Waals surface area contributed by atoms with E-state index in [9.17, 15) is 10.1 Å². The SMILES string of the molecule is COc1ccc(C#N)cc1N1CCN(C(C(=O)C2CCCCC2)C2CCc3ccccc3N2)CC1. The van der Waals surface area contributed by atoms with Crippen LogP contribution in [0.4, 0.5) is 11.4 Å². The highest BCUT2D eigenvalue weighted by Crippen LogP contribution is 2.34. The van der Waals surface area contributed by atoms with Gasteiger partial charge < -0.3 is 15.0 Å². The molecular weight excluding hydrogens is 436 g/mol. The van der Waals surface area contributed by atoms with Crippen LogP contribution in [0.1, 0.15) is 49.7 Å². The van der Waals surface area contributed by atoms with Gasteiger partial charge >= 0.3 is 0 Å². The topological polar surface area (TPSA) is 68.6 Å². The predicted molar refractivity (Wildman–Crippen MR) is 139 cm³/mol. The highest BCUT2D eigenvalue weighted by atomic mass is 16.5. The van der Waals surface area contributed by atoms with Crippen molar-refractivity contribution in [3.05, 3.63) is 53.6 Å². The smallest absolute Gasteiger partial charge is 0.155 e. The van der Waals surface area contributed by atoms with Crippen LogP contribution in [0, 0.1) is 17.2 Å². The molecule has 0 radical (unpaired) electrons. The zero-order valence-electron chi connectivity index (χ0n) is 20.7. The summed E-state index contributed by atoms with van der Waals surface area (Å²) in [4.78, 5) is 18.7. The van der Waals surface area contributed by atoms with Crippen LogP contribution in [0.25, 0.3) is 0 Å². The van der Waals surface area contributed by atoms with Crippen LogP contribution in [0.5, 0.6) is 5.75 Å². The quantitative estimate of drug-likeness (QED) is 0.661. The Kier molecular flexibility index (Phi) is 7.24. The van der Waals surface area contributed by atoms with E-state index in [0.29, 0.717) is 11.3 Å². The lowest BCUT2D eigenvalue weighted by molar-refractivity contribution is -0.130. The number of nitriles is 1. The van der Waals surface area contributed by atoms with E-state index >= 15 is 0 Å². The van der Waals surface area contributed by atoms with Crippen LogP contribution in [-0.4, -0.2) is 56.1 Å². The van der Waals surface area contributed by atoms with Gasteiger partial charge in [-0.05, 0) is 55.5 Å². The Morgan fingerprint density at radius 3 is 2.57 bits per heavy atom. The van der Waals surface area contributed by atoms with Crippen molar-refractivity contribution >= 4 is 17.2 Å². The van der Waals surface area contributed by atoms with Gasteiger partial charge in [0.05, 0.1) is 30.5 Å². The molecule has 2 atom stereocenters. The fourth-order valence-electron chi connectivity index (χ4n) is 6.21. The number of Topliss-reactive ketones (excluding diaryl/α,β-unsaturated/α-hetero) is 1. The molecule has 0 aromatic heterocycles. The molecule has 6 heteroatoms. The first-order valence-corrected chi connectivity index (χ1v) is 13.1. The molecule has 1 N–H and O–H groups in total. The van der Waals surface area contributed by atoms with Crippen LogP contribution >= 0.6 is 0 Å². The maximum Gasteiger partial charge on any atom is 0.155 e. The second-order valence-electron chi connectivity index (χ2n) is 10.2. The molecule has 2 aromatic rings. The number of hydrogen-bond acceptors (Lipinski definition) is 6. The molecule has 35 heavy (non-hydrogen) atoms. The highest BCUT2D eigenvalue weighted by Gasteiger charge is 2.40. The third-order valence-electron chi connectivity index (χ3n) is 8.12. The van der Waals surface area contributed by atoms with Gasteiger partial charge in [0.15, 0.2) is 5.78 Å². The van der Waals surface area contributed by atoms with Gasteiger partial charge in [-0.1, -0.05) is 37.5 Å². The lowest BCUT2D eigenvalue weighted by atomic mass is 9.80. The number of fused-ring (bicyclic) bond motifs is 1. The van der Waals surface area contributed by atoms with Gasteiger partial charge in [0.2, 0.25) is 0 Å². The third-order valence-corrected chi connectivity index (χ3v) is 8.12. The number of para-hydroxylation sites is 1. The molecule has 184 valence electrons. The van der Waals surface area contributed by atoms with Crippen LogP contribution < -0.4 is 15.0 Å². The third kappa shape index (κ3) is 5.01. The van der Waals surface area contributed by atoms with Gasteiger partial charge in [-0.25, -0.2) is 0 Å². The minimum atomic E-state index is -0.0963. The van der Waals surface area contributed by atoms with Crippen LogP contribution in [0.15, 0.2) is 42.5 Å². The fourth-order valence-corrected chi connectivity index (χ4v) is 6.21. The van der Waals surface area contributed by atoms with Gasteiger partial charge in [0.1, 0.15) is 5.75 Å².